The van der Waals surface area contributed by atoms with Gasteiger partial charge in [-0.15, -0.1) is 0 Å². The quantitative estimate of drug-likeness (QED) is 0.762. The first-order valence-corrected chi connectivity index (χ1v) is 7.68. The van der Waals surface area contributed by atoms with Crippen molar-refractivity contribution in [2.45, 2.75) is 51.2 Å². The molecule has 1 atom stereocenters. The Hall–Kier alpha value is -0.920. The fourth-order valence-electron chi connectivity index (χ4n) is 1.51. The second-order valence-electron chi connectivity index (χ2n) is 4.34. The van der Waals surface area contributed by atoms with Crippen LogP contribution >= 0.6 is 0 Å². The summed E-state index contributed by atoms with van der Waals surface area (Å²) in [5, 5.41) is 0.0664. The second kappa shape index (κ2) is 6.31. The van der Waals surface area contributed by atoms with E-state index >= 15 is 0 Å². The van der Waals surface area contributed by atoms with Gasteiger partial charge in [0, 0.05) is 25.3 Å². The number of nitrogens with zero attached hydrogens (tertiary/aromatic N) is 2. The SMILES string of the molecule is CCCn1cc(S(=O)(=O)NCC(N)CC)nc1C. The highest BCUT2D eigenvalue weighted by Crippen LogP contribution is 2.09. The van der Waals surface area contributed by atoms with Crippen LogP contribution in [-0.2, 0) is 16.6 Å². The molecule has 0 bridgehead atoms. The lowest BCUT2D eigenvalue weighted by atomic mass is 10.2. The smallest absolute Gasteiger partial charge is 0.259 e. The third-order valence-corrected chi connectivity index (χ3v) is 4.05. The third kappa shape index (κ3) is 3.79. The van der Waals surface area contributed by atoms with Crippen LogP contribution in [0.2, 0.25) is 0 Å². The van der Waals surface area contributed by atoms with E-state index in [1.165, 1.54) is 0 Å². The van der Waals surface area contributed by atoms with Gasteiger partial charge in [-0.3, -0.25) is 0 Å². The lowest BCUT2D eigenvalue weighted by molar-refractivity contribution is 0.561. The first-order valence-electron chi connectivity index (χ1n) is 6.19. The maximum absolute atomic E-state index is 12.0. The molecular formula is C11H22N4O2S. The minimum Gasteiger partial charge on any atom is -0.334 e. The molecule has 0 aliphatic heterocycles. The number of nitrogens with one attached hydrogen (secondary N) is 1. The topological polar surface area (TPSA) is 90.0 Å². The van der Waals surface area contributed by atoms with Gasteiger partial charge in [0.05, 0.1) is 0 Å². The lowest BCUT2D eigenvalue weighted by Gasteiger charge is -2.09. The number of hydrogen-bond donors (Lipinski definition) is 2. The molecule has 0 radical (unpaired) electrons. The Morgan fingerprint density at radius 3 is 2.72 bits per heavy atom. The second-order valence-corrected chi connectivity index (χ2v) is 6.05. The van der Waals surface area contributed by atoms with Gasteiger partial charge in [-0.05, 0) is 19.8 Å². The average molecular weight is 274 g/mol. The predicted octanol–water partition coefficient (Wildman–Crippen LogP) is 0.617. The van der Waals surface area contributed by atoms with Gasteiger partial charge in [0.25, 0.3) is 10.0 Å². The van der Waals surface area contributed by atoms with Crippen molar-refractivity contribution < 1.29 is 8.42 Å². The zero-order valence-corrected chi connectivity index (χ0v) is 12.0. The zero-order chi connectivity index (χ0) is 13.8. The molecule has 0 spiro atoms. The zero-order valence-electron chi connectivity index (χ0n) is 11.2. The average Bonchev–Trinajstić information content (AvgIpc) is 2.69. The van der Waals surface area contributed by atoms with E-state index in [9.17, 15) is 8.42 Å². The van der Waals surface area contributed by atoms with E-state index in [0.717, 1.165) is 19.4 Å². The maximum Gasteiger partial charge on any atom is 0.259 e. The number of hydrogen-bond acceptors (Lipinski definition) is 4. The molecule has 0 aromatic carbocycles. The molecule has 1 unspecified atom stereocenters. The van der Waals surface area contributed by atoms with E-state index in [4.69, 9.17) is 5.73 Å². The highest BCUT2D eigenvalue weighted by molar-refractivity contribution is 7.89. The minimum atomic E-state index is -3.55. The van der Waals surface area contributed by atoms with Crippen molar-refractivity contribution in [2.75, 3.05) is 6.54 Å². The number of nitrogens with two attached hydrogens (primary N) is 1. The van der Waals surface area contributed by atoms with Crippen molar-refractivity contribution in [3.05, 3.63) is 12.0 Å². The van der Waals surface area contributed by atoms with E-state index < -0.39 is 10.0 Å². The number of aromatic nitrogens is 2. The van der Waals surface area contributed by atoms with Crippen molar-refractivity contribution in [1.29, 1.82) is 0 Å². The number of aryl methyl sites for hydroxylation is 2. The first kappa shape index (κ1) is 15.1. The fraction of sp³-hybridized carbons (Fsp3) is 0.727. The van der Waals surface area contributed by atoms with Crippen molar-refractivity contribution >= 4 is 10.0 Å². The van der Waals surface area contributed by atoms with Crippen LogP contribution in [0.4, 0.5) is 0 Å². The summed E-state index contributed by atoms with van der Waals surface area (Å²) in [7, 11) is -3.55. The molecule has 0 aliphatic carbocycles. The molecule has 1 heterocycles. The Kier molecular flexibility index (Phi) is 5.30. The molecule has 0 fully saturated rings. The van der Waals surface area contributed by atoms with Gasteiger partial charge >= 0.3 is 0 Å². The van der Waals surface area contributed by atoms with E-state index in [2.05, 4.69) is 9.71 Å². The molecule has 0 saturated heterocycles. The van der Waals surface area contributed by atoms with Crippen molar-refractivity contribution in [3.8, 4) is 0 Å². The fourth-order valence-corrected chi connectivity index (χ4v) is 2.61. The van der Waals surface area contributed by atoms with Gasteiger partial charge in [0.2, 0.25) is 0 Å². The normalized spacial score (nSPS) is 13.8. The van der Waals surface area contributed by atoms with Crippen LogP contribution in [0.3, 0.4) is 0 Å². The van der Waals surface area contributed by atoms with Crippen LogP contribution in [0.1, 0.15) is 32.5 Å². The van der Waals surface area contributed by atoms with Crippen LogP contribution in [-0.4, -0.2) is 30.6 Å². The Balaban J connectivity index is 2.82. The summed E-state index contributed by atoms with van der Waals surface area (Å²) < 4.78 is 28.3. The first-order chi connectivity index (χ1) is 8.40. The van der Waals surface area contributed by atoms with Gasteiger partial charge in [-0.25, -0.2) is 18.1 Å². The van der Waals surface area contributed by atoms with Gasteiger partial charge in [0.1, 0.15) is 5.82 Å². The Bertz CT molecular complexity index is 481. The van der Waals surface area contributed by atoms with Gasteiger partial charge < -0.3 is 10.3 Å². The molecule has 1 rings (SSSR count). The molecule has 1 aromatic heterocycles. The van der Waals surface area contributed by atoms with Gasteiger partial charge in [0.15, 0.2) is 5.03 Å². The summed E-state index contributed by atoms with van der Waals surface area (Å²) in [5.41, 5.74) is 5.69. The highest BCUT2D eigenvalue weighted by atomic mass is 32.2. The van der Waals surface area contributed by atoms with Gasteiger partial charge in [-0.2, -0.15) is 0 Å². The lowest BCUT2D eigenvalue weighted by Crippen LogP contribution is -2.36. The van der Waals surface area contributed by atoms with Crippen molar-refractivity contribution in [1.82, 2.24) is 14.3 Å². The van der Waals surface area contributed by atoms with Gasteiger partial charge in [-0.1, -0.05) is 13.8 Å². The van der Waals surface area contributed by atoms with Crippen molar-refractivity contribution in [3.63, 3.8) is 0 Å². The minimum absolute atomic E-state index is 0.0664. The monoisotopic (exact) mass is 274 g/mol. The number of sulfonamides is 1. The third-order valence-electron chi connectivity index (χ3n) is 2.75. The Morgan fingerprint density at radius 1 is 1.50 bits per heavy atom. The molecule has 0 amide bonds. The summed E-state index contributed by atoms with van der Waals surface area (Å²) in [4.78, 5) is 4.08. The van der Waals surface area contributed by atoms with E-state index in [0.29, 0.717) is 5.82 Å². The predicted molar refractivity (Wildman–Crippen MR) is 70.7 cm³/mol. The number of imidazole rings is 1. The molecule has 1 aromatic rings. The molecule has 6 nitrogen and oxygen atoms in total. The summed E-state index contributed by atoms with van der Waals surface area (Å²) in [6.07, 6.45) is 3.23. The number of rotatable bonds is 7. The summed E-state index contributed by atoms with van der Waals surface area (Å²) in [6, 6.07) is -0.168. The van der Waals surface area contributed by atoms with E-state index in [1.54, 1.807) is 13.1 Å². The molecular weight excluding hydrogens is 252 g/mol. The van der Waals surface area contributed by atoms with Crippen LogP contribution in [0.15, 0.2) is 11.2 Å². The highest BCUT2D eigenvalue weighted by Gasteiger charge is 2.19. The molecule has 7 heteroatoms. The van der Waals surface area contributed by atoms with Crippen LogP contribution in [0.25, 0.3) is 0 Å². The standard InChI is InChI=1S/C11H22N4O2S/c1-4-6-15-8-11(14-9(15)3)18(16,17)13-7-10(12)5-2/h8,10,13H,4-7,12H2,1-3H3. The molecule has 3 N–H and O–H groups in total. The molecule has 0 aliphatic rings. The van der Waals surface area contributed by atoms with Crippen LogP contribution in [0.5, 0.6) is 0 Å². The molecule has 104 valence electrons. The van der Waals surface area contributed by atoms with E-state index in [-0.39, 0.29) is 17.6 Å². The molecule has 18 heavy (non-hydrogen) atoms. The summed E-state index contributed by atoms with van der Waals surface area (Å²) in [6.45, 7) is 6.75. The van der Waals surface area contributed by atoms with Crippen LogP contribution < -0.4 is 10.5 Å². The van der Waals surface area contributed by atoms with Crippen molar-refractivity contribution in [2.24, 2.45) is 5.73 Å². The summed E-state index contributed by atoms with van der Waals surface area (Å²) >= 11 is 0. The van der Waals surface area contributed by atoms with Crippen LogP contribution in [0, 0.1) is 6.92 Å². The van der Waals surface area contributed by atoms with E-state index in [1.807, 2.05) is 18.4 Å². The summed E-state index contributed by atoms with van der Waals surface area (Å²) in [5.74, 6) is 0.706. The molecule has 0 saturated carbocycles. The Labute approximate surface area is 109 Å². The Morgan fingerprint density at radius 2 is 2.17 bits per heavy atom. The maximum atomic E-state index is 12.0. The largest absolute Gasteiger partial charge is 0.334 e.